The number of rotatable bonds is 3. The number of nitrogens with one attached hydrogen (secondary N) is 1. The van der Waals surface area contributed by atoms with Gasteiger partial charge in [0.05, 0.1) is 0 Å². The van der Waals surface area contributed by atoms with Crippen molar-refractivity contribution in [1.82, 2.24) is 5.32 Å². The monoisotopic (exact) mass is 339 g/mol. The van der Waals surface area contributed by atoms with Crippen LogP contribution >= 0.6 is 15.9 Å². The van der Waals surface area contributed by atoms with E-state index in [0.29, 0.717) is 5.56 Å². The molecule has 2 aromatic carbocycles. The molecule has 0 atom stereocenters. The summed E-state index contributed by atoms with van der Waals surface area (Å²) in [5.74, 6) is -1.61. The van der Waals surface area contributed by atoms with Gasteiger partial charge in [-0.3, -0.25) is 4.79 Å². The van der Waals surface area contributed by atoms with Crippen LogP contribution < -0.4 is 5.32 Å². The summed E-state index contributed by atoms with van der Waals surface area (Å²) in [6.45, 7) is 1.83. The zero-order valence-electron chi connectivity index (χ0n) is 10.7. The van der Waals surface area contributed by atoms with Crippen LogP contribution in [0.2, 0.25) is 0 Å². The maximum atomic E-state index is 13.4. The van der Waals surface area contributed by atoms with Crippen molar-refractivity contribution in [2.45, 2.75) is 13.5 Å². The first-order valence-corrected chi connectivity index (χ1v) is 6.75. The molecule has 0 aliphatic heterocycles. The highest BCUT2D eigenvalue weighted by Crippen LogP contribution is 2.19. The van der Waals surface area contributed by atoms with Gasteiger partial charge in [0, 0.05) is 28.2 Å². The van der Waals surface area contributed by atoms with Crippen molar-refractivity contribution in [1.29, 1.82) is 0 Å². The van der Waals surface area contributed by atoms with Crippen LogP contribution in [0.3, 0.4) is 0 Å². The van der Waals surface area contributed by atoms with Gasteiger partial charge in [-0.1, -0.05) is 28.1 Å². The molecule has 2 aromatic rings. The van der Waals surface area contributed by atoms with Crippen LogP contribution in [0.1, 0.15) is 21.5 Å². The van der Waals surface area contributed by atoms with Crippen LogP contribution in [0.15, 0.2) is 40.9 Å². The topological polar surface area (TPSA) is 29.1 Å². The van der Waals surface area contributed by atoms with Crippen LogP contribution in [0.4, 0.5) is 8.78 Å². The lowest BCUT2D eigenvalue weighted by Crippen LogP contribution is -2.24. The largest absolute Gasteiger partial charge is 0.348 e. The molecule has 0 aliphatic rings. The Labute approximate surface area is 123 Å². The van der Waals surface area contributed by atoms with Gasteiger partial charge < -0.3 is 5.32 Å². The fraction of sp³-hybridized carbons (Fsp3) is 0.133. The summed E-state index contributed by atoms with van der Waals surface area (Å²) in [6, 6.07) is 8.56. The minimum absolute atomic E-state index is 0.0108. The molecule has 0 saturated heterocycles. The summed E-state index contributed by atoms with van der Waals surface area (Å²) in [7, 11) is 0. The third-order valence-electron chi connectivity index (χ3n) is 2.97. The summed E-state index contributed by atoms with van der Waals surface area (Å²) >= 11 is 3.35. The molecular formula is C15H12BrF2NO. The van der Waals surface area contributed by atoms with Crippen LogP contribution in [0.5, 0.6) is 0 Å². The van der Waals surface area contributed by atoms with E-state index in [9.17, 15) is 13.6 Å². The molecule has 1 amide bonds. The standard InChI is InChI=1S/C15H12BrF2NO/c1-9-12(3-2-4-13(9)16)15(20)19-8-10-5-6-11(17)7-14(10)18/h2-7H,8H2,1H3,(H,19,20). The zero-order valence-corrected chi connectivity index (χ0v) is 12.3. The normalized spacial score (nSPS) is 10.4. The molecule has 2 nitrogen and oxygen atoms in total. The van der Waals surface area contributed by atoms with E-state index in [4.69, 9.17) is 0 Å². The van der Waals surface area contributed by atoms with E-state index < -0.39 is 11.6 Å². The first-order chi connectivity index (χ1) is 9.49. The molecule has 0 saturated carbocycles. The fourth-order valence-corrected chi connectivity index (χ4v) is 2.16. The molecule has 0 bridgehead atoms. The molecule has 0 unspecified atom stereocenters. The average Bonchev–Trinajstić information content (AvgIpc) is 2.40. The van der Waals surface area contributed by atoms with Gasteiger partial charge in [-0.05, 0) is 30.7 Å². The van der Waals surface area contributed by atoms with E-state index in [1.807, 2.05) is 13.0 Å². The highest BCUT2D eigenvalue weighted by Gasteiger charge is 2.11. The first kappa shape index (κ1) is 14.7. The molecule has 20 heavy (non-hydrogen) atoms. The maximum Gasteiger partial charge on any atom is 0.251 e. The van der Waals surface area contributed by atoms with Crippen molar-refractivity contribution < 1.29 is 13.6 Å². The van der Waals surface area contributed by atoms with Gasteiger partial charge in [0.25, 0.3) is 5.91 Å². The Morgan fingerprint density at radius 2 is 2.00 bits per heavy atom. The zero-order chi connectivity index (χ0) is 14.7. The van der Waals surface area contributed by atoms with Crippen LogP contribution in [-0.2, 0) is 6.54 Å². The number of carbonyl (C=O) groups excluding carboxylic acids is 1. The smallest absolute Gasteiger partial charge is 0.251 e. The first-order valence-electron chi connectivity index (χ1n) is 5.96. The Balaban J connectivity index is 2.11. The van der Waals surface area contributed by atoms with Crippen molar-refractivity contribution in [3.05, 3.63) is 69.2 Å². The van der Waals surface area contributed by atoms with Gasteiger partial charge in [0.2, 0.25) is 0 Å². The summed E-state index contributed by atoms with van der Waals surface area (Å²) in [5.41, 5.74) is 1.57. The number of hydrogen-bond donors (Lipinski definition) is 1. The SMILES string of the molecule is Cc1c(Br)cccc1C(=O)NCc1ccc(F)cc1F. The highest BCUT2D eigenvalue weighted by atomic mass is 79.9. The molecule has 1 N–H and O–H groups in total. The Morgan fingerprint density at radius 1 is 1.25 bits per heavy atom. The number of benzene rings is 2. The van der Waals surface area contributed by atoms with E-state index >= 15 is 0 Å². The van der Waals surface area contributed by atoms with E-state index in [2.05, 4.69) is 21.2 Å². The van der Waals surface area contributed by atoms with Gasteiger partial charge in [-0.2, -0.15) is 0 Å². The summed E-state index contributed by atoms with van der Waals surface area (Å²) in [4.78, 5) is 12.0. The fourth-order valence-electron chi connectivity index (χ4n) is 1.79. The second kappa shape index (κ2) is 6.13. The number of amides is 1. The highest BCUT2D eigenvalue weighted by molar-refractivity contribution is 9.10. The van der Waals surface area contributed by atoms with Gasteiger partial charge >= 0.3 is 0 Å². The average molecular weight is 340 g/mol. The Bertz CT molecular complexity index is 658. The molecule has 5 heteroatoms. The van der Waals surface area contributed by atoms with Gasteiger partial charge in [-0.15, -0.1) is 0 Å². The second-order valence-corrected chi connectivity index (χ2v) is 5.19. The molecule has 2 rings (SSSR count). The predicted molar refractivity (Wildman–Crippen MR) is 76.4 cm³/mol. The lowest BCUT2D eigenvalue weighted by atomic mass is 10.1. The van der Waals surface area contributed by atoms with Crippen molar-refractivity contribution in [2.24, 2.45) is 0 Å². The van der Waals surface area contributed by atoms with E-state index in [0.717, 1.165) is 22.2 Å². The van der Waals surface area contributed by atoms with Crippen molar-refractivity contribution in [3.63, 3.8) is 0 Å². The van der Waals surface area contributed by atoms with Crippen LogP contribution in [-0.4, -0.2) is 5.91 Å². The number of carbonyl (C=O) groups is 1. The summed E-state index contributed by atoms with van der Waals surface area (Å²) in [6.07, 6.45) is 0. The third kappa shape index (κ3) is 3.22. The molecule has 0 fully saturated rings. The minimum atomic E-state index is -0.670. The van der Waals surface area contributed by atoms with Crippen molar-refractivity contribution in [3.8, 4) is 0 Å². The lowest BCUT2D eigenvalue weighted by molar-refractivity contribution is 0.0950. The van der Waals surface area contributed by atoms with Crippen LogP contribution in [0.25, 0.3) is 0 Å². The van der Waals surface area contributed by atoms with E-state index in [-0.39, 0.29) is 18.0 Å². The quantitative estimate of drug-likeness (QED) is 0.900. The van der Waals surface area contributed by atoms with Gasteiger partial charge in [0.1, 0.15) is 11.6 Å². The summed E-state index contributed by atoms with van der Waals surface area (Å²) < 4.78 is 27.1. The maximum absolute atomic E-state index is 13.4. The van der Waals surface area contributed by atoms with E-state index in [1.54, 1.807) is 12.1 Å². The van der Waals surface area contributed by atoms with Gasteiger partial charge in [-0.25, -0.2) is 8.78 Å². The van der Waals surface area contributed by atoms with Gasteiger partial charge in [0.15, 0.2) is 0 Å². The molecular weight excluding hydrogens is 328 g/mol. The predicted octanol–water partition coefficient (Wildman–Crippen LogP) is 3.97. The Morgan fingerprint density at radius 3 is 2.70 bits per heavy atom. The molecule has 0 aromatic heterocycles. The minimum Gasteiger partial charge on any atom is -0.348 e. The molecule has 0 radical (unpaired) electrons. The molecule has 0 aliphatic carbocycles. The van der Waals surface area contributed by atoms with Crippen molar-refractivity contribution in [2.75, 3.05) is 0 Å². The van der Waals surface area contributed by atoms with Crippen LogP contribution in [0, 0.1) is 18.6 Å². The number of halogens is 3. The third-order valence-corrected chi connectivity index (χ3v) is 3.83. The Hall–Kier alpha value is -1.75. The summed E-state index contributed by atoms with van der Waals surface area (Å²) in [5, 5.41) is 2.62. The van der Waals surface area contributed by atoms with Crippen molar-refractivity contribution >= 4 is 21.8 Å². The lowest BCUT2D eigenvalue weighted by Gasteiger charge is -2.09. The van der Waals surface area contributed by atoms with E-state index in [1.165, 1.54) is 6.07 Å². The second-order valence-electron chi connectivity index (χ2n) is 4.33. The molecule has 0 spiro atoms. The molecule has 0 heterocycles. The Kier molecular flexibility index (Phi) is 4.49. The number of hydrogen-bond acceptors (Lipinski definition) is 1. The molecule has 104 valence electrons.